The minimum absolute atomic E-state index is 0.0938. The second-order valence-electron chi connectivity index (χ2n) is 2.35. The zero-order valence-corrected chi connectivity index (χ0v) is 10.7. The maximum atomic E-state index is 10.7. The van der Waals surface area contributed by atoms with E-state index in [9.17, 15) is 17.6 Å². The van der Waals surface area contributed by atoms with Crippen LogP contribution in [-0.4, -0.2) is 60.9 Å². The van der Waals surface area contributed by atoms with Crippen molar-refractivity contribution in [1.82, 2.24) is 0 Å². The molecule has 0 saturated heterocycles. The minimum Gasteiger partial charge on any atom is -0.396 e. The summed E-state index contributed by atoms with van der Waals surface area (Å²) in [7, 11) is -10.1. The van der Waals surface area contributed by atoms with Crippen molar-refractivity contribution in [3.05, 3.63) is 0 Å². The first-order valence-electron chi connectivity index (χ1n) is 4.01. The van der Waals surface area contributed by atoms with E-state index in [1.165, 1.54) is 0 Å². The molecule has 0 amide bonds. The first-order valence-corrected chi connectivity index (χ1v) is 7.01. The van der Waals surface area contributed by atoms with E-state index in [4.69, 9.17) is 36.2 Å². The Morgan fingerprint density at radius 1 is 0.737 bits per heavy atom. The molecule has 0 aromatic carbocycles. The Kier molecular flexibility index (Phi) is 14.0. The van der Waals surface area contributed by atoms with Gasteiger partial charge in [0.25, 0.3) is 0 Å². The lowest BCUT2D eigenvalue weighted by atomic mass is 10.5. The number of hydrogen-bond acceptors (Lipinski definition) is 6. The summed E-state index contributed by atoms with van der Waals surface area (Å²) in [6.45, 7) is 0.188. The maximum Gasteiger partial charge on any atom is 0.361 e. The lowest BCUT2D eigenvalue weighted by Crippen LogP contribution is -2.07. The predicted octanol–water partition coefficient (Wildman–Crippen LogP) is -0.445. The average Bonchev–Trinajstić information content (AvgIpc) is 2.17. The van der Waals surface area contributed by atoms with Crippen LogP contribution in [0.2, 0.25) is 0 Å². The first-order chi connectivity index (χ1) is 8.30. The molecule has 0 atom stereocenters. The molecular formula is C5H12F4O8S2. The molecule has 0 unspecified atom stereocenters. The van der Waals surface area contributed by atoms with E-state index < -0.39 is 31.8 Å². The van der Waals surface area contributed by atoms with Crippen LogP contribution in [0.5, 0.6) is 0 Å². The molecule has 0 fully saturated rings. The van der Waals surface area contributed by atoms with Crippen LogP contribution in [0.3, 0.4) is 0 Å². The zero-order chi connectivity index (χ0) is 16.3. The molecule has 4 N–H and O–H groups in total. The highest BCUT2D eigenvalue weighted by atomic mass is 32.2. The van der Waals surface area contributed by atoms with E-state index in [-0.39, 0.29) is 13.2 Å². The monoisotopic (exact) mass is 340 g/mol. The lowest BCUT2D eigenvalue weighted by molar-refractivity contribution is 0.217. The van der Waals surface area contributed by atoms with Crippen molar-refractivity contribution in [1.29, 1.82) is 0 Å². The summed E-state index contributed by atoms with van der Waals surface area (Å²) in [5.74, 6) is -7.35. The van der Waals surface area contributed by atoms with Gasteiger partial charge in [0.1, 0.15) is 0 Å². The fourth-order valence-corrected chi connectivity index (χ4v) is 0.0707. The number of rotatable bonds is 4. The van der Waals surface area contributed by atoms with Crippen molar-refractivity contribution >= 4 is 20.2 Å². The van der Waals surface area contributed by atoms with E-state index in [0.29, 0.717) is 6.42 Å². The Labute approximate surface area is 106 Å². The van der Waals surface area contributed by atoms with Crippen LogP contribution in [-0.2, 0) is 20.2 Å². The van der Waals surface area contributed by atoms with Crippen molar-refractivity contribution in [3.8, 4) is 0 Å². The van der Waals surface area contributed by atoms with Gasteiger partial charge in [-0.25, -0.2) is 0 Å². The first kappa shape index (κ1) is 23.5. The van der Waals surface area contributed by atoms with Gasteiger partial charge in [-0.1, -0.05) is 0 Å². The van der Waals surface area contributed by atoms with Crippen molar-refractivity contribution in [3.63, 3.8) is 0 Å². The molecule has 0 aromatic heterocycles. The molecule has 14 heteroatoms. The highest BCUT2D eigenvalue weighted by Crippen LogP contribution is 1.99. The smallest absolute Gasteiger partial charge is 0.361 e. The molecule has 8 nitrogen and oxygen atoms in total. The van der Waals surface area contributed by atoms with E-state index in [2.05, 4.69) is 0 Å². The van der Waals surface area contributed by atoms with Gasteiger partial charge in [0.05, 0.1) is 0 Å². The summed E-state index contributed by atoms with van der Waals surface area (Å²) in [6.07, 6.45) is 0.500. The highest BCUT2D eigenvalue weighted by molar-refractivity contribution is 7.86. The molecule has 0 radical (unpaired) electrons. The minimum atomic E-state index is -5.07. The average molecular weight is 340 g/mol. The van der Waals surface area contributed by atoms with Gasteiger partial charge in [0, 0.05) is 13.2 Å². The molecule has 0 aliphatic heterocycles. The molecule has 19 heavy (non-hydrogen) atoms. The van der Waals surface area contributed by atoms with Crippen LogP contribution in [0, 0.1) is 0 Å². The summed E-state index contributed by atoms with van der Waals surface area (Å²) < 4.78 is 94.0. The lowest BCUT2D eigenvalue weighted by Gasteiger charge is -1.87. The van der Waals surface area contributed by atoms with E-state index in [0.717, 1.165) is 0 Å². The summed E-state index contributed by atoms with van der Waals surface area (Å²) in [6, 6.07) is 0. The Morgan fingerprint density at radius 2 is 0.895 bits per heavy atom. The second kappa shape index (κ2) is 11.3. The largest absolute Gasteiger partial charge is 0.396 e. The fraction of sp³-hybridized carbons (Fsp3) is 1.00. The zero-order valence-electron chi connectivity index (χ0n) is 9.03. The maximum absolute atomic E-state index is 10.7. The van der Waals surface area contributed by atoms with Gasteiger partial charge in [0.2, 0.25) is 0 Å². The predicted molar refractivity (Wildman–Crippen MR) is 53.9 cm³/mol. The molecule has 120 valence electrons. The summed E-state index contributed by atoms with van der Waals surface area (Å²) >= 11 is 0. The van der Waals surface area contributed by atoms with Crippen molar-refractivity contribution in [2.45, 2.75) is 17.9 Å². The third kappa shape index (κ3) is 23.0. The van der Waals surface area contributed by atoms with Crippen molar-refractivity contribution in [2.24, 2.45) is 0 Å². The van der Waals surface area contributed by atoms with Gasteiger partial charge in [0.15, 0.2) is 0 Å². The molecular weight excluding hydrogens is 328 g/mol. The topological polar surface area (TPSA) is 149 Å². The van der Waals surface area contributed by atoms with Gasteiger partial charge in [-0.3, -0.25) is 9.11 Å². The van der Waals surface area contributed by atoms with Crippen LogP contribution in [0.15, 0.2) is 0 Å². The van der Waals surface area contributed by atoms with Gasteiger partial charge >= 0.3 is 31.8 Å². The van der Waals surface area contributed by atoms with E-state index in [1.54, 1.807) is 0 Å². The number of alkyl halides is 4. The SMILES string of the molecule is O=S(=O)(O)C(F)F.O=S(=O)(O)C(F)F.OCCCO. The van der Waals surface area contributed by atoms with Crippen LogP contribution in [0.25, 0.3) is 0 Å². The molecule has 0 aliphatic carbocycles. The second-order valence-corrected chi connectivity index (χ2v) is 5.12. The van der Waals surface area contributed by atoms with Crippen molar-refractivity contribution in [2.75, 3.05) is 13.2 Å². The highest BCUT2D eigenvalue weighted by Gasteiger charge is 2.19. The Balaban J connectivity index is -0.000000206. The third-order valence-corrected chi connectivity index (χ3v) is 1.67. The number of halogens is 4. The van der Waals surface area contributed by atoms with Crippen LogP contribution < -0.4 is 0 Å². The van der Waals surface area contributed by atoms with Gasteiger partial charge < -0.3 is 10.2 Å². The van der Waals surface area contributed by atoms with Crippen LogP contribution in [0.1, 0.15) is 6.42 Å². The third-order valence-electron chi connectivity index (χ3n) is 0.767. The van der Waals surface area contributed by atoms with Gasteiger partial charge in [-0.15, -0.1) is 0 Å². The van der Waals surface area contributed by atoms with Gasteiger partial charge in [-0.2, -0.15) is 34.4 Å². The summed E-state index contributed by atoms with van der Waals surface area (Å²) in [5, 5.41) is 15.8. The molecule has 0 rings (SSSR count). The molecule has 0 aromatic rings. The summed E-state index contributed by atoms with van der Waals surface area (Å²) in [5.41, 5.74) is 0. The standard InChI is InChI=1S/C3H8O2.2CH2F2O3S/c4-2-1-3-5;2*2-1(3)7(4,5)6/h4-5H,1-3H2;2*1H,(H,4,5,6). The van der Waals surface area contributed by atoms with Crippen LogP contribution >= 0.6 is 0 Å². The Hall–Kier alpha value is -0.540. The normalized spacial score (nSPS) is 11.5. The van der Waals surface area contributed by atoms with Crippen LogP contribution in [0.4, 0.5) is 17.6 Å². The Bertz CT molecular complexity index is 353. The molecule has 0 heterocycles. The number of aliphatic hydroxyl groups is 2. The molecule has 0 aliphatic rings. The summed E-state index contributed by atoms with van der Waals surface area (Å²) in [4.78, 5) is 0. The van der Waals surface area contributed by atoms with E-state index in [1.807, 2.05) is 0 Å². The quantitative estimate of drug-likeness (QED) is 0.397. The Morgan fingerprint density at radius 3 is 0.895 bits per heavy atom. The molecule has 0 bridgehead atoms. The number of hydrogen-bond donors (Lipinski definition) is 4. The van der Waals surface area contributed by atoms with Gasteiger partial charge in [-0.05, 0) is 6.42 Å². The van der Waals surface area contributed by atoms with E-state index >= 15 is 0 Å². The number of aliphatic hydroxyl groups excluding tert-OH is 2. The van der Waals surface area contributed by atoms with Crippen molar-refractivity contribution < 1.29 is 53.7 Å². The molecule has 0 spiro atoms. The molecule has 0 saturated carbocycles. The fourth-order valence-electron chi connectivity index (χ4n) is 0.0707.